The summed E-state index contributed by atoms with van der Waals surface area (Å²) < 4.78 is 30.1. The number of hydrogen-bond donors (Lipinski definition) is 1. The van der Waals surface area contributed by atoms with Crippen molar-refractivity contribution in [3.05, 3.63) is 0 Å². The second kappa shape index (κ2) is 6.53. The summed E-state index contributed by atoms with van der Waals surface area (Å²) in [4.78, 5) is 22.4. The highest BCUT2D eigenvalue weighted by molar-refractivity contribution is 7.89. The Morgan fingerprint density at radius 2 is 2.00 bits per heavy atom. The number of sulfonamides is 1. The monoisotopic (exact) mass is 307 g/mol. The Hall–Kier alpha value is -1.15. The highest BCUT2D eigenvalue weighted by Crippen LogP contribution is 2.31. The van der Waals surface area contributed by atoms with Crippen LogP contribution in [0.1, 0.15) is 39.0 Å². The number of piperidine rings is 1. The summed E-state index contributed by atoms with van der Waals surface area (Å²) in [5, 5.41) is 9.30. The van der Waals surface area contributed by atoms with Crippen LogP contribution < -0.4 is 0 Å². The van der Waals surface area contributed by atoms with Gasteiger partial charge in [0.25, 0.3) is 0 Å². The van der Waals surface area contributed by atoms with Crippen molar-refractivity contribution in [2.45, 2.75) is 44.6 Å². The van der Waals surface area contributed by atoms with Crippen molar-refractivity contribution in [3.63, 3.8) is 0 Å². The second-order valence-electron chi connectivity index (χ2n) is 5.10. The van der Waals surface area contributed by atoms with Crippen LogP contribution in [-0.4, -0.2) is 54.7 Å². The van der Waals surface area contributed by atoms with Crippen LogP contribution in [0.4, 0.5) is 0 Å². The first-order valence-electron chi connectivity index (χ1n) is 6.55. The summed E-state index contributed by atoms with van der Waals surface area (Å²) in [5.74, 6) is -1.85. The molecule has 0 aromatic rings. The molecule has 1 saturated heterocycles. The largest absolute Gasteiger partial charge is 0.480 e. The van der Waals surface area contributed by atoms with Gasteiger partial charge in [-0.25, -0.2) is 8.42 Å². The van der Waals surface area contributed by atoms with Gasteiger partial charge in [-0.2, -0.15) is 4.31 Å². The Balaban J connectivity index is 2.78. The summed E-state index contributed by atoms with van der Waals surface area (Å²) in [7, 11) is -2.46. The van der Waals surface area contributed by atoms with Gasteiger partial charge in [-0.15, -0.1) is 0 Å². The number of rotatable bonds is 6. The molecule has 1 N–H and O–H groups in total. The van der Waals surface area contributed by atoms with Gasteiger partial charge in [-0.1, -0.05) is 0 Å². The fraction of sp³-hybridized carbons (Fsp3) is 0.833. The Kier molecular flexibility index (Phi) is 5.52. The van der Waals surface area contributed by atoms with Gasteiger partial charge in [-0.05, 0) is 32.6 Å². The maximum absolute atomic E-state index is 12.3. The topological polar surface area (TPSA) is 101 Å². The van der Waals surface area contributed by atoms with Crippen LogP contribution in [0.25, 0.3) is 0 Å². The standard InChI is InChI=1S/C12H21NO6S/c1-12(11(15)16)7-3-4-8-13(12)20(17,18)9-5-6-10(14)19-2/h3-9H2,1-2H3,(H,15,16). The second-order valence-corrected chi connectivity index (χ2v) is 7.12. The number of carbonyl (C=O) groups excluding carboxylic acids is 1. The third kappa shape index (κ3) is 3.69. The van der Waals surface area contributed by atoms with Gasteiger partial charge >= 0.3 is 11.9 Å². The van der Waals surface area contributed by atoms with Crippen LogP contribution in [0.3, 0.4) is 0 Å². The first-order valence-corrected chi connectivity index (χ1v) is 8.15. The van der Waals surface area contributed by atoms with E-state index in [0.29, 0.717) is 19.3 Å². The maximum Gasteiger partial charge on any atom is 0.324 e. The van der Waals surface area contributed by atoms with Crippen LogP contribution in [0.5, 0.6) is 0 Å². The van der Waals surface area contributed by atoms with Crippen LogP contribution in [0, 0.1) is 0 Å². The summed E-state index contributed by atoms with van der Waals surface area (Å²) >= 11 is 0. The molecule has 8 heteroatoms. The molecule has 0 aliphatic carbocycles. The Morgan fingerprint density at radius 1 is 1.35 bits per heavy atom. The molecule has 0 saturated carbocycles. The van der Waals surface area contributed by atoms with Crippen LogP contribution in [0.2, 0.25) is 0 Å². The maximum atomic E-state index is 12.3. The molecule has 116 valence electrons. The number of carbonyl (C=O) groups is 2. The van der Waals surface area contributed by atoms with E-state index >= 15 is 0 Å². The zero-order valence-corrected chi connectivity index (χ0v) is 12.6. The predicted octanol–water partition coefficient (Wildman–Crippen LogP) is 0.599. The Bertz CT molecular complexity index is 474. The molecule has 1 unspecified atom stereocenters. The number of carboxylic acid groups (broad SMARTS) is 1. The van der Waals surface area contributed by atoms with Crippen molar-refractivity contribution < 1.29 is 27.9 Å². The van der Waals surface area contributed by atoms with Crippen LogP contribution in [0.15, 0.2) is 0 Å². The molecule has 0 bridgehead atoms. The van der Waals surface area contributed by atoms with Crippen LogP contribution >= 0.6 is 0 Å². The molecule has 1 aliphatic heterocycles. The quantitative estimate of drug-likeness (QED) is 0.721. The highest BCUT2D eigenvalue weighted by atomic mass is 32.2. The summed E-state index contributed by atoms with van der Waals surface area (Å²) in [6, 6.07) is 0. The molecule has 1 fully saturated rings. The number of carboxylic acids is 1. The lowest BCUT2D eigenvalue weighted by Gasteiger charge is -2.40. The summed E-state index contributed by atoms with van der Waals surface area (Å²) in [6.45, 7) is 1.65. The van der Waals surface area contributed by atoms with E-state index in [4.69, 9.17) is 0 Å². The minimum Gasteiger partial charge on any atom is -0.480 e. The number of aliphatic carboxylic acids is 1. The van der Waals surface area contributed by atoms with E-state index in [2.05, 4.69) is 4.74 Å². The van der Waals surface area contributed by atoms with E-state index in [1.165, 1.54) is 14.0 Å². The molecule has 1 rings (SSSR count). The van der Waals surface area contributed by atoms with E-state index in [1.807, 2.05) is 0 Å². The third-order valence-electron chi connectivity index (χ3n) is 3.63. The molecular formula is C12H21NO6S. The van der Waals surface area contributed by atoms with Crippen LogP contribution in [-0.2, 0) is 24.3 Å². The lowest BCUT2D eigenvalue weighted by Crippen LogP contribution is -2.57. The van der Waals surface area contributed by atoms with Crippen molar-refractivity contribution in [2.75, 3.05) is 19.4 Å². The molecule has 20 heavy (non-hydrogen) atoms. The Labute approximate surface area is 118 Å². The average Bonchev–Trinajstić information content (AvgIpc) is 2.38. The van der Waals surface area contributed by atoms with Gasteiger partial charge < -0.3 is 9.84 Å². The predicted molar refractivity (Wildman–Crippen MR) is 71.6 cm³/mol. The summed E-state index contributed by atoms with van der Waals surface area (Å²) in [5.41, 5.74) is -1.39. The SMILES string of the molecule is COC(=O)CCCS(=O)(=O)N1CCCCC1(C)C(=O)O. The number of ether oxygens (including phenoxy) is 1. The molecule has 0 aromatic carbocycles. The Morgan fingerprint density at radius 3 is 2.55 bits per heavy atom. The molecule has 1 aliphatic rings. The first-order chi connectivity index (χ1) is 9.24. The molecule has 7 nitrogen and oxygen atoms in total. The van der Waals surface area contributed by atoms with Crippen molar-refractivity contribution in [3.8, 4) is 0 Å². The third-order valence-corrected chi connectivity index (χ3v) is 5.69. The number of esters is 1. The van der Waals surface area contributed by atoms with E-state index in [1.54, 1.807) is 0 Å². The lowest BCUT2D eigenvalue weighted by atomic mass is 9.91. The normalized spacial score (nSPS) is 24.3. The van der Waals surface area contributed by atoms with Crippen molar-refractivity contribution in [1.29, 1.82) is 0 Å². The zero-order valence-electron chi connectivity index (χ0n) is 11.8. The van der Waals surface area contributed by atoms with E-state index in [9.17, 15) is 23.1 Å². The van der Waals surface area contributed by atoms with Gasteiger partial charge in [0.2, 0.25) is 10.0 Å². The first kappa shape index (κ1) is 16.9. The fourth-order valence-electron chi connectivity index (χ4n) is 2.37. The summed E-state index contributed by atoms with van der Waals surface area (Å²) in [6.07, 6.45) is 1.78. The van der Waals surface area contributed by atoms with Gasteiger partial charge in [0.05, 0.1) is 12.9 Å². The van der Waals surface area contributed by atoms with Crippen molar-refractivity contribution in [1.82, 2.24) is 4.31 Å². The zero-order chi connectivity index (χ0) is 15.4. The van der Waals surface area contributed by atoms with Gasteiger partial charge in [0, 0.05) is 13.0 Å². The van der Waals surface area contributed by atoms with Gasteiger partial charge in [-0.3, -0.25) is 9.59 Å². The van der Waals surface area contributed by atoms with E-state index < -0.39 is 27.5 Å². The smallest absolute Gasteiger partial charge is 0.324 e. The molecule has 0 amide bonds. The molecule has 0 aromatic heterocycles. The molecular weight excluding hydrogens is 286 g/mol. The number of hydrogen-bond acceptors (Lipinski definition) is 5. The van der Waals surface area contributed by atoms with Crippen molar-refractivity contribution >= 4 is 22.0 Å². The minimum absolute atomic E-state index is 0.00730. The lowest BCUT2D eigenvalue weighted by molar-refractivity contribution is -0.149. The molecule has 0 spiro atoms. The van der Waals surface area contributed by atoms with Gasteiger partial charge in [0.1, 0.15) is 5.54 Å². The number of methoxy groups -OCH3 is 1. The van der Waals surface area contributed by atoms with Gasteiger partial charge in [0.15, 0.2) is 0 Å². The molecule has 1 heterocycles. The van der Waals surface area contributed by atoms with Crippen molar-refractivity contribution in [2.24, 2.45) is 0 Å². The fourth-order valence-corrected chi connectivity index (χ4v) is 4.29. The molecule has 0 radical (unpaired) electrons. The van der Waals surface area contributed by atoms with E-state index in [-0.39, 0.29) is 25.1 Å². The molecule has 1 atom stereocenters. The minimum atomic E-state index is -3.70. The highest BCUT2D eigenvalue weighted by Gasteiger charge is 2.46. The van der Waals surface area contributed by atoms with E-state index in [0.717, 1.165) is 4.31 Å². The average molecular weight is 307 g/mol. The number of nitrogens with zero attached hydrogens (tertiary/aromatic N) is 1.